The van der Waals surface area contributed by atoms with Crippen LogP contribution in [0.25, 0.3) is 11.8 Å². The lowest BCUT2D eigenvalue weighted by Gasteiger charge is -2.07. The van der Waals surface area contributed by atoms with E-state index in [9.17, 15) is 9.59 Å². The second kappa shape index (κ2) is 9.75. The van der Waals surface area contributed by atoms with Gasteiger partial charge in [-0.15, -0.1) is 0 Å². The fraction of sp³-hybridized carbons (Fsp3) is 0.208. The lowest BCUT2D eigenvalue weighted by atomic mass is 10.2. The fourth-order valence-corrected chi connectivity index (χ4v) is 3.03. The molecule has 0 bridgehead atoms. The molecule has 0 aliphatic heterocycles. The van der Waals surface area contributed by atoms with E-state index in [0.29, 0.717) is 17.1 Å². The van der Waals surface area contributed by atoms with Gasteiger partial charge in [-0.1, -0.05) is 29.8 Å². The summed E-state index contributed by atoms with van der Waals surface area (Å²) in [4.78, 5) is 24.2. The number of amides is 1. The third-order valence-corrected chi connectivity index (χ3v) is 4.69. The molecule has 1 heterocycles. The topological polar surface area (TPSA) is 82.4 Å². The fourth-order valence-electron chi connectivity index (χ4n) is 3.03. The summed E-state index contributed by atoms with van der Waals surface area (Å²) in [6.07, 6.45) is 2.87. The summed E-state index contributed by atoms with van der Waals surface area (Å²) in [7, 11) is 1.57. The van der Waals surface area contributed by atoms with Gasteiger partial charge in [-0.3, -0.25) is 4.79 Å². The normalized spacial score (nSPS) is 10.8. The van der Waals surface area contributed by atoms with E-state index in [2.05, 4.69) is 10.4 Å². The average molecular weight is 419 g/mol. The molecule has 3 aromatic rings. The maximum atomic E-state index is 12.3. The van der Waals surface area contributed by atoms with Crippen LogP contribution in [0.4, 0.5) is 5.69 Å². The van der Waals surface area contributed by atoms with Gasteiger partial charge in [0, 0.05) is 6.08 Å². The third-order valence-electron chi connectivity index (χ3n) is 4.69. The summed E-state index contributed by atoms with van der Waals surface area (Å²) in [5, 5.41) is 7.29. The van der Waals surface area contributed by atoms with E-state index in [1.807, 2.05) is 63.2 Å². The summed E-state index contributed by atoms with van der Waals surface area (Å²) in [5.41, 5.74) is 4.92. The highest BCUT2D eigenvalue weighted by molar-refractivity contribution is 5.95. The SMILES string of the molecule is COc1cccc(/C=C/C(=O)OCC(=O)Nc2c(C)nn(-c3ccc(C)cc3)c2C)c1. The quantitative estimate of drug-likeness (QED) is 0.462. The number of ether oxygens (including phenoxy) is 2. The lowest BCUT2D eigenvalue weighted by Crippen LogP contribution is -2.20. The predicted molar refractivity (Wildman–Crippen MR) is 119 cm³/mol. The van der Waals surface area contributed by atoms with Crippen LogP contribution in [-0.4, -0.2) is 35.4 Å². The Morgan fingerprint density at radius 2 is 1.84 bits per heavy atom. The first-order valence-corrected chi connectivity index (χ1v) is 9.79. The number of anilines is 1. The highest BCUT2D eigenvalue weighted by Gasteiger charge is 2.16. The third kappa shape index (κ3) is 5.60. The first-order valence-electron chi connectivity index (χ1n) is 9.79. The molecule has 0 unspecified atom stereocenters. The van der Waals surface area contributed by atoms with Crippen molar-refractivity contribution >= 4 is 23.6 Å². The van der Waals surface area contributed by atoms with E-state index in [1.54, 1.807) is 23.9 Å². The smallest absolute Gasteiger partial charge is 0.331 e. The zero-order valence-electron chi connectivity index (χ0n) is 18.0. The monoisotopic (exact) mass is 419 g/mol. The van der Waals surface area contributed by atoms with Gasteiger partial charge in [0.2, 0.25) is 0 Å². The number of esters is 1. The zero-order chi connectivity index (χ0) is 22.4. The first kappa shape index (κ1) is 21.8. The molecule has 0 atom stereocenters. The van der Waals surface area contributed by atoms with Crippen LogP contribution in [0.15, 0.2) is 54.6 Å². The van der Waals surface area contributed by atoms with Crippen molar-refractivity contribution < 1.29 is 19.1 Å². The van der Waals surface area contributed by atoms with E-state index in [1.165, 1.54) is 6.08 Å². The van der Waals surface area contributed by atoms with Gasteiger partial charge in [-0.05, 0) is 56.7 Å². The Morgan fingerprint density at radius 3 is 2.55 bits per heavy atom. The molecule has 3 rings (SSSR count). The van der Waals surface area contributed by atoms with Crippen molar-refractivity contribution in [3.8, 4) is 11.4 Å². The summed E-state index contributed by atoms with van der Waals surface area (Å²) in [5.74, 6) is -0.355. The van der Waals surface area contributed by atoms with Crippen LogP contribution in [0, 0.1) is 20.8 Å². The first-order chi connectivity index (χ1) is 14.9. The molecular formula is C24H25N3O4. The van der Waals surface area contributed by atoms with Gasteiger partial charge in [0.25, 0.3) is 5.91 Å². The molecule has 7 heteroatoms. The minimum absolute atomic E-state index is 0.393. The number of aromatic nitrogens is 2. The number of carbonyl (C=O) groups is 2. The van der Waals surface area contributed by atoms with Crippen molar-refractivity contribution in [1.29, 1.82) is 0 Å². The van der Waals surface area contributed by atoms with Crippen molar-refractivity contribution in [3.63, 3.8) is 0 Å². The Hall–Kier alpha value is -3.87. The number of hydrogen-bond donors (Lipinski definition) is 1. The molecule has 0 aliphatic rings. The van der Waals surface area contributed by atoms with Crippen LogP contribution >= 0.6 is 0 Å². The van der Waals surface area contributed by atoms with E-state index in [4.69, 9.17) is 9.47 Å². The van der Waals surface area contributed by atoms with Gasteiger partial charge in [0.1, 0.15) is 5.75 Å². The van der Waals surface area contributed by atoms with E-state index >= 15 is 0 Å². The van der Waals surface area contributed by atoms with Gasteiger partial charge in [-0.2, -0.15) is 5.10 Å². The second-order valence-corrected chi connectivity index (χ2v) is 7.06. The maximum absolute atomic E-state index is 12.3. The van der Waals surface area contributed by atoms with Gasteiger partial charge in [-0.25, -0.2) is 9.48 Å². The minimum Gasteiger partial charge on any atom is -0.497 e. The van der Waals surface area contributed by atoms with Gasteiger partial charge >= 0.3 is 5.97 Å². The number of carbonyl (C=O) groups excluding carboxylic acids is 2. The average Bonchev–Trinajstić information content (AvgIpc) is 3.05. The Bertz CT molecular complexity index is 1110. The molecule has 0 spiro atoms. The lowest BCUT2D eigenvalue weighted by molar-refractivity contribution is -0.142. The molecule has 160 valence electrons. The largest absolute Gasteiger partial charge is 0.497 e. The van der Waals surface area contributed by atoms with Crippen molar-refractivity contribution in [3.05, 3.63) is 77.1 Å². The van der Waals surface area contributed by atoms with Gasteiger partial charge in [0.05, 0.1) is 29.9 Å². The van der Waals surface area contributed by atoms with E-state index < -0.39 is 18.5 Å². The number of methoxy groups -OCH3 is 1. The Balaban J connectivity index is 1.59. The number of benzene rings is 2. The Morgan fingerprint density at radius 1 is 1.10 bits per heavy atom. The molecule has 7 nitrogen and oxygen atoms in total. The number of nitrogens with zero attached hydrogens (tertiary/aromatic N) is 2. The van der Waals surface area contributed by atoms with Crippen LogP contribution in [0.5, 0.6) is 5.75 Å². The van der Waals surface area contributed by atoms with E-state index in [-0.39, 0.29) is 0 Å². The molecule has 1 amide bonds. The van der Waals surface area contributed by atoms with Crippen molar-refractivity contribution in [2.24, 2.45) is 0 Å². The van der Waals surface area contributed by atoms with E-state index in [0.717, 1.165) is 22.5 Å². The molecule has 0 radical (unpaired) electrons. The molecule has 1 aromatic heterocycles. The number of rotatable bonds is 7. The highest BCUT2D eigenvalue weighted by Crippen LogP contribution is 2.23. The van der Waals surface area contributed by atoms with Crippen LogP contribution < -0.4 is 10.1 Å². The highest BCUT2D eigenvalue weighted by atomic mass is 16.5. The zero-order valence-corrected chi connectivity index (χ0v) is 18.0. The van der Waals surface area contributed by atoms with Gasteiger partial charge < -0.3 is 14.8 Å². The van der Waals surface area contributed by atoms with Crippen molar-refractivity contribution in [2.75, 3.05) is 19.0 Å². The summed E-state index contributed by atoms with van der Waals surface area (Å²) in [6.45, 7) is 5.31. The van der Waals surface area contributed by atoms with Crippen LogP contribution in [0.2, 0.25) is 0 Å². The standard InChI is InChI=1S/C24H25N3O4/c1-16-8-11-20(12-9-16)27-18(3)24(17(2)26-27)25-22(28)15-31-23(29)13-10-19-6-5-7-21(14-19)30-4/h5-14H,15H2,1-4H3,(H,25,28)/b13-10+. The molecule has 0 saturated heterocycles. The Kier molecular flexibility index (Phi) is 6.87. The molecule has 0 fully saturated rings. The van der Waals surface area contributed by atoms with Crippen LogP contribution in [-0.2, 0) is 14.3 Å². The minimum atomic E-state index is -0.609. The molecule has 1 N–H and O–H groups in total. The second-order valence-electron chi connectivity index (χ2n) is 7.06. The van der Waals surface area contributed by atoms with Crippen LogP contribution in [0.3, 0.4) is 0 Å². The summed E-state index contributed by atoms with van der Waals surface area (Å²) >= 11 is 0. The van der Waals surface area contributed by atoms with Crippen molar-refractivity contribution in [2.45, 2.75) is 20.8 Å². The number of hydrogen-bond acceptors (Lipinski definition) is 5. The van der Waals surface area contributed by atoms with Gasteiger partial charge in [0.15, 0.2) is 6.61 Å². The summed E-state index contributed by atoms with van der Waals surface area (Å²) in [6, 6.07) is 15.2. The molecule has 0 saturated carbocycles. The predicted octanol–water partition coefficient (Wildman–Crippen LogP) is 4.00. The number of nitrogens with one attached hydrogen (secondary N) is 1. The van der Waals surface area contributed by atoms with Crippen molar-refractivity contribution in [1.82, 2.24) is 9.78 Å². The molecule has 0 aliphatic carbocycles. The Labute approximate surface area is 181 Å². The molecule has 2 aromatic carbocycles. The maximum Gasteiger partial charge on any atom is 0.331 e. The number of aryl methyl sites for hydroxylation is 2. The molecular weight excluding hydrogens is 394 g/mol. The van der Waals surface area contributed by atoms with Crippen LogP contribution in [0.1, 0.15) is 22.5 Å². The molecule has 31 heavy (non-hydrogen) atoms. The summed E-state index contributed by atoms with van der Waals surface area (Å²) < 4.78 is 12.0.